The quantitative estimate of drug-likeness (QED) is 0.512. The monoisotopic (exact) mass is 286 g/mol. The molecule has 0 fully saturated rings. The first-order valence-corrected chi connectivity index (χ1v) is 5.37. The molecule has 0 atom stereocenters. The van der Waals surface area contributed by atoms with Gasteiger partial charge in [0.2, 0.25) is 5.75 Å². The number of ether oxygens (including phenoxy) is 1. The fourth-order valence-corrected chi connectivity index (χ4v) is 1.55. The molecule has 0 heterocycles. The van der Waals surface area contributed by atoms with E-state index in [2.05, 4.69) is 15.9 Å². The molecular weight excluding hydrogens is 276 g/mol. The number of benzene rings is 1. The number of rotatable bonds is 5. The third-order valence-corrected chi connectivity index (χ3v) is 2.39. The van der Waals surface area contributed by atoms with Crippen LogP contribution in [0.2, 0.25) is 0 Å². The van der Waals surface area contributed by atoms with Crippen molar-refractivity contribution in [2.75, 3.05) is 13.2 Å². The highest BCUT2D eigenvalue weighted by Crippen LogP contribution is 2.34. The SMILES string of the molecule is NC/C=C/COc1c(Br)cccc1[N+](=O)[O-]. The van der Waals surface area contributed by atoms with Crippen molar-refractivity contribution in [1.82, 2.24) is 0 Å². The minimum Gasteiger partial charge on any atom is -0.482 e. The Bertz CT molecular complexity index is 407. The smallest absolute Gasteiger partial charge is 0.312 e. The van der Waals surface area contributed by atoms with E-state index in [0.29, 0.717) is 11.0 Å². The molecule has 5 nitrogen and oxygen atoms in total. The van der Waals surface area contributed by atoms with Gasteiger partial charge in [0.25, 0.3) is 0 Å². The number of hydrogen-bond donors (Lipinski definition) is 1. The third kappa shape index (κ3) is 3.32. The van der Waals surface area contributed by atoms with Gasteiger partial charge in [0.1, 0.15) is 6.61 Å². The Kier molecular flexibility index (Phi) is 4.94. The minimum atomic E-state index is -0.479. The van der Waals surface area contributed by atoms with E-state index in [1.54, 1.807) is 24.3 Å². The van der Waals surface area contributed by atoms with Crippen molar-refractivity contribution in [2.45, 2.75) is 0 Å². The van der Waals surface area contributed by atoms with Crippen molar-refractivity contribution in [3.05, 3.63) is 44.9 Å². The standard InChI is InChI=1S/C10H11BrN2O3/c11-8-4-3-5-9(13(14)15)10(8)16-7-2-1-6-12/h1-5H,6-7,12H2/b2-1+. The second kappa shape index (κ2) is 6.24. The molecule has 1 aromatic carbocycles. The van der Waals surface area contributed by atoms with Crippen LogP contribution in [0, 0.1) is 10.1 Å². The second-order valence-electron chi connectivity index (χ2n) is 2.86. The van der Waals surface area contributed by atoms with Crippen LogP contribution < -0.4 is 10.5 Å². The zero-order valence-electron chi connectivity index (χ0n) is 8.43. The Morgan fingerprint density at radius 1 is 1.50 bits per heavy atom. The van der Waals surface area contributed by atoms with Crippen LogP contribution in [0.15, 0.2) is 34.8 Å². The van der Waals surface area contributed by atoms with Crippen LogP contribution in [-0.4, -0.2) is 18.1 Å². The summed E-state index contributed by atoms with van der Waals surface area (Å²) in [5, 5.41) is 10.7. The topological polar surface area (TPSA) is 78.4 Å². The molecule has 0 saturated carbocycles. The van der Waals surface area contributed by atoms with E-state index in [-0.39, 0.29) is 18.0 Å². The predicted octanol–water partition coefficient (Wildman–Crippen LogP) is 2.25. The first kappa shape index (κ1) is 12.7. The average Bonchev–Trinajstić information content (AvgIpc) is 2.25. The summed E-state index contributed by atoms with van der Waals surface area (Å²) < 4.78 is 5.86. The van der Waals surface area contributed by atoms with Gasteiger partial charge in [-0.1, -0.05) is 18.2 Å². The van der Waals surface area contributed by atoms with Crippen LogP contribution in [0.3, 0.4) is 0 Å². The first-order valence-electron chi connectivity index (χ1n) is 4.57. The molecule has 0 spiro atoms. The molecule has 0 amide bonds. The zero-order chi connectivity index (χ0) is 12.0. The van der Waals surface area contributed by atoms with Gasteiger partial charge in [-0.3, -0.25) is 10.1 Å². The number of nitro benzene ring substituents is 1. The van der Waals surface area contributed by atoms with Crippen LogP contribution in [0.1, 0.15) is 0 Å². The summed E-state index contributed by atoms with van der Waals surface area (Å²) in [7, 11) is 0. The molecule has 1 rings (SSSR count). The summed E-state index contributed by atoms with van der Waals surface area (Å²) in [4.78, 5) is 10.3. The largest absolute Gasteiger partial charge is 0.482 e. The van der Waals surface area contributed by atoms with Crippen molar-refractivity contribution < 1.29 is 9.66 Å². The number of para-hydroxylation sites is 1. The molecule has 0 aromatic heterocycles. The lowest BCUT2D eigenvalue weighted by atomic mass is 10.3. The molecule has 0 bridgehead atoms. The van der Waals surface area contributed by atoms with Crippen LogP contribution in [0.25, 0.3) is 0 Å². The Morgan fingerprint density at radius 3 is 2.88 bits per heavy atom. The zero-order valence-corrected chi connectivity index (χ0v) is 10.0. The summed E-state index contributed by atoms with van der Waals surface area (Å²) in [5.74, 6) is 0.231. The highest BCUT2D eigenvalue weighted by atomic mass is 79.9. The molecule has 0 radical (unpaired) electrons. The van der Waals surface area contributed by atoms with Gasteiger partial charge in [-0.05, 0) is 22.0 Å². The number of nitrogens with two attached hydrogens (primary N) is 1. The average molecular weight is 287 g/mol. The summed E-state index contributed by atoms with van der Waals surface area (Å²) in [6.45, 7) is 0.669. The summed E-state index contributed by atoms with van der Waals surface area (Å²) >= 11 is 3.21. The van der Waals surface area contributed by atoms with E-state index in [9.17, 15) is 10.1 Å². The lowest BCUT2D eigenvalue weighted by Crippen LogP contribution is -2.00. The second-order valence-corrected chi connectivity index (χ2v) is 3.72. The molecular formula is C10H11BrN2O3. The molecule has 16 heavy (non-hydrogen) atoms. The highest BCUT2D eigenvalue weighted by molar-refractivity contribution is 9.10. The van der Waals surface area contributed by atoms with Crippen LogP contribution in [0.4, 0.5) is 5.69 Å². The Hall–Kier alpha value is -1.40. The van der Waals surface area contributed by atoms with Crippen molar-refractivity contribution in [3.63, 3.8) is 0 Å². The highest BCUT2D eigenvalue weighted by Gasteiger charge is 2.17. The van der Waals surface area contributed by atoms with Gasteiger partial charge in [0.05, 0.1) is 9.40 Å². The summed E-state index contributed by atoms with van der Waals surface area (Å²) in [5.41, 5.74) is 5.20. The van der Waals surface area contributed by atoms with Crippen LogP contribution in [-0.2, 0) is 0 Å². The van der Waals surface area contributed by atoms with Crippen molar-refractivity contribution >= 4 is 21.6 Å². The first-order chi connectivity index (χ1) is 7.66. The summed E-state index contributed by atoms with van der Waals surface area (Å²) in [6, 6.07) is 4.67. The van der Waals surface area contributed by atoms with Gasteiger partial charge in [0, 0.05) is 12.6 Å². The molecule has 6 heteroatoms. The van der Waals surface area contributed by atoms with E-state index in [4.69, 9.17) is 10.5 Å². The molecule has 0 unspecified atom stereocenters. The lowest BCUT2D eigenvalue weighted by molar-refractivity contribution is -0.385. The molecule has 0 aliphatic heterocycles. The Labute approximate surface area is 101 Å². The minimum absolute atomic E-state index is 0.0597. The van der Waals surface area contributed by atoms with Gasteiger partial charge in [-0.25, -0.2) is 0 Å². The van der Waals surface area contributed by atoms with Gasteiger partial charge in [0.15, 0.2) is 0 Å². The lowest BCUT2D eigenvalue weighted by Gasteiger charge is -2.05. The Morgan fingerprint density at radius 2 is 2.25 bits per heavy atom. The van der Waals surface area contributed by atoms with Crippen LogP contribution in [0.5, 0.6) is 5.75 Å². The molecule has 2 N–H and O–H groups in total. The van der Waals surface area contributed by atoms with Crippen molar-refractivity contribution in [2.24, 2.45) is 5.73 Å². The van der Waals surface area contributed by atoms with E-state index < -0.39 is 4.92 Å². The number of hydrogen-bond acceptors (Lipinski definition) is 4. The molecule has 0 aliphatic rings. The molecule has 0 saturated heterocycles. The number of halogens is 1. The van der Waals surface area contributed by atoms with Gasteiger partial charge < -0.3 is 10.5 Å². The fraction of sp³-hybridized carbons (Fsp3) is 0.200. The van der Waals surface area contributed by atoms with Crippen LogP contribution >= 0.6 is 15.9 Å². The maximum atomic E-state index is 10.7. The maximum absolute atomic E-state index is 10.7. The van der Waals surface area contributed by atoms with Crippen molar-refractivity contribution in [3.8, 4) is 5.75 Å². The van der Waals surface area contributed by atoms with Gasteiger partial charge >= 0.3 is 5.69 Å². The maximum Gasteiger partial charge on any atom is 0.312 e. The Balaban J connectivity index is 2.84. The fourth-order valence-electron chi connectivity index (χ4n) is 1.08. The number of nitrogens with zero attached hydrogens (tertiary/aromatic N) is 1. The molecule has 0 aliphatic carbocycles. The normalized spacial score (nSPS) is 10.6. The van der Waals surface area contributed by atoms with Gasteiger partial charge in [-0.2, -0.15) is 0 Å². The molecule has 1 aromatic rings. The van der Waals surface area contributed by atoms with E-state index in [1.165, 1.54) is 6.07 Å². The third-order valence-electron chi connectivity index (χ3n) is 1.77. The number of nitro groups is 1. The van der Waals surface area contributed by atoms with E-state index in [0.717, 1.165) is 0 Å². The predicted molar refractivity (Wildman–Crippen MR) is 64.5 cm³/mol. The van der Waals surface area contributed by atoms with Crippen molar-refractivity contribution in [1.29, 1.82) is 0 Å². The van der Waals surface area contributed by atoms with E-state index in [1.807, 2.05) is 0 Å². The summed E-state index contributed by atoms with van der Waals surface area (Å²) in [6.07, 6.45) is 3.44. The van der Waals surface area contributed by atoms with Gasteiger partial charge in [-0.15, -0.1) is 0 Å². The molecule has 86 valence electrons. The van der Waals surface area contributed by atoms with E-state index >= 15 is 0 Å².